The second-order valence-electron chi connectivity index (χ2n) is 5.11. The molecule has 7 heteroatoms. The third-order valence-corrected chi connectivity index (χ3v) is 4.02. The fourth-order valence-electron chi connectivity index (χ4n) is 2.24. The molecule has 1 amide bonds. The lowest BCUT2D eigenvalue weighted by molar-refractivity contribution is -0.134. The summed E-state index contributed by atoms with van der Waals surface area (Å²) in [5, 5.41) is 0. The highest BCUT2D eigenvalue weighted by Crippen LogP contribution is 2.14. The quantitative estimate of drug-likeness (QED) is 0.750. The number of sulfonamides is 1. The lowest BCUT2D eigenvalue weighted by Gasteiger charge is -2.36. The summed E-state index contributed by atoms with van der Waals surface area (Å²) >= 11 is 0. The fourth-order valence-corrected chi connectivity index (χ4v) is 3.08. The summed E-state index contributed by atoms with van der Waals surface area (Å²) in [7, 11) is 0.359. The third kappa shape index (κ3) is 4.55. The Balaban J connectivity index is 2.46. The van der Waals surface area contributed by atoms with Crippen molar-refractivity contribution < 1.29 is 13.2 Å². The molecule has 1 aliphatic heterocycles. The van der Waals surface area contributed by atoms with Crippen LogP contribution in [0.5, 0.6) is 0 Å². The fraction of sp³-hybridized carbons (Fsp3) is 0.909. The zero-order valence-corrected chi connectivity index (χ0v) is 12.3. The van der Waals surface area contributed by atoms with Crippen LogP contribution in [0.4, 0.5) is 0 Å². The molecule has 1 aliphatic rings. The third-order valence-electron chi connectivity index (χ3n) is 3.26. The Morgan fingerprint density at radius 3 is 2.22 bits per heavy atom. The number of likely N-dealkylation sites (tertiary alicyclic amines) is 1. The standard InChI is InChI=1S/C11H23N3O3S/c1-9(11(15)13(2)3)14-7-5-10(6-8-14)12-18(4,16)17/h9-10,12H,5-8H2,1-4H3. The van der Waals surface area contributed by atoms with Gasteiger partial charge in [-0.05, 0) is 19.8 Å². The highest BCUT2D eigenvalue weighted by molar-refractivity contribution is 7.88. The maximum absolute atomic E-state index is 11.8. The van der Waals surface area contributed by atoms with Crippen molar-refractivity contribution >= 4 is 15.9 Å². The molecule has 0 aromatic carbocycles. The van der Waals surface area contributed by atoms with Crippen molar-refractivity contribution in [3.05, 3.63) is 0 Å². The van der Waals surface area contributed by atoms with Gasteiger partial charge in [0.1, 0.15) is 0 Å². The molecule has 0 aromatic rings. The first-order valence-corrected chi connectivity index (χ1v) is 8.02. The number of piperidine rings is 1. The van der Waals surface area contributed by atoms with Gasteiger partial charge in [-0.3, -0.25) is 9.69 Å². The summed E-state index contributed by atoms with van der Waals surface area (Å²) in [6.07, 6.45) is 2.67. The molecule has 1 unspecified atom stereocenters. The van der Waals surface area contributed by atoms with E-state index < -0.39 is 10.0 Å². The van der Waals surface area contributed by atoms with Gasteiger partial charge in [0.2, 0.25) is 15.9 Å². The average molecular weight is 277 g/mol. The minimum atomic E-state index is -3.13. The van der Waals surface area contributed by atoms with Crippen molar-refractivity contribution in [3.8, 4) is 0 Å². The first-order valence-electron chi connectivity index (χ1n) is 6.13. The number of amides is 1. The summed E-state index contributed by atoms with van der Waals surface area (Å²) in [6.45, 7) is 3.38. The predicted molar refractivity (Wildman–Crippen MR) is 70.7 cm³/mol. The smallest absolute Gasteiger partial charge is 0.239 e. The Kier molecular flexibility index (Phi) is 5.12. The average Bonchev–Trinajstić information content (AvgIpc) is 2.26. The highest BCUT2D eigenvalue weighted by atomic mass is 32.2. The molecular formula is C11H23N3O3S. The molecule has 1 N–H and O–H groups in total. The van der Waals surface area contributed by atoms with Crippen LogP contribution in [0.15, 0.2) is 0 Å². The van der Waals surface area contributed by atoms with Crippen molar-refractivity contribution in [1.29, 1.82) is 0 Å². The van der Waals surface area contributed by atoms with Gasteiger partial charge in [-0.1, -0.05) is 0 Å². The van der Waals surface area contributed by atoms with E-state index >= 15 is 0 Å². The van der Waals surface area contributed by atoms with Crippen molar-refractivity contribution in [2.45, 2.75) is 31.8 Å². The van der Waals surface area contributed by atoms with E-state index in [1.54, 1.807) is 19.0 Å². The highest BCUT2D eigenvalue weighted by Gasteiger charge is 2.28. The summed E-state index contributed by atoms with van der Waals surface area (Å²) < 4.78 is 24.9. The molecule has 106 valence electrons. The van der Waals surface area contributed by atoms with Crippen LogP contribution in [0.25, 0.3) is 0 Å². The Hall–Kier alpha value is -0.660. The molecule has 0 saturated carbocycles. The van der Waals surface area contributed by atoms with Crippen molar-refractivity contribution in [2.24, 2.45) is 0 Å². The summed E-state index contributed by atoms with van der Waals surface area (Å²) in [6, 6.07) is -0.142. The van der Waals surface area contributed by atoms with E-state index in [2.05, 4.69) is 9.62 Å². The SMILES string of the molecule is CC(C(=O)N(C)C)N1CCC(NS(C)(=O)=O)CC1. The molecular weight excluding hydrogens is 254 g/mol. The van der Waals surface area contributed by atoms with Gasteiger partial charge >= 0.3 is 0 Å². The topological polar surface area (TPSA) is 69.7 Å². The van der Waals surface area contributed by atoms with Gasteiger partial charge in [0.25, 0.3) is 0 Å². The van der Waals surface area contributed by atoms with Gasteiger partial charge < -0.3 is 4.90 Å². The van der Waals surface area contributed by atoms with Gasteiger partial charge in [0, 0.05) is 33.2 Å². The monoisotopic (exact) mass is 277 g/mol. The van der Waals surface area contributed by atoms with Crippen molar-refractivity contribution in [2.75, 3.05) is 33.4 Å². The first kappa shape index (κ1) is 15.4. The second-order valence-corrected chi connectivity index (χ2v) is 6.89. The largest absolute Gasteiger partial charge is 0.347 e. The summed E-state index contributed by atoms with van der Waals surface area (Å²) in [5.74, 6) is 0.0875. The molecule has 1 saturated heterocycles. The van der Waals surface area contributed by atoms with E-state index in [9.17, 15) is 13.2 Å². The molecule has 1 atom stereocenters. The van der Waals surface area contributed by atoms with Crippen LogP contribution < -0.4 is 4.72 Å². The minimum Gasteiger partial charge on any atom is -0.347 e. The Morgan fingerprint density at radius 2 is 1.83 bits per heavy atom. The van der Waals surface area contributed by atoms with Crippen LogP contribution in [0.3, 0.4) is 0 Å². The number of hydrogen-bond acceptors (Lipinski definition) is 4. The number of hydrogen-bond donors (Lipinski definition) is 1. The molecule has 0 spiro atoms. The molecule has 18 heavy (non-hydrogen) atoms. The number of carbonyl (C=O) groups is 1. The molecule has 1 heterocycles. The van der Waals surface area contributed by atoms with Gasteiger partial charge in [-0.2, -0.15) is 0 Å². The maximum atomic E-state index is 11.8. The van der Waals surface area contributed by atoms with Crippen molar-refractivity contribution in [1.82, 2.24) is 14.5 Å². The van der Waals surface area contributed by atoms with E-state index in [-0.39, 0.29) is 18.0 Å². The van der Waals surface area contributed by atoms with E-state index in [1.807, 2.05) is 6.92 Å². The van der Waals surface area contributed by atoms with Gasteiger partial charge in [-0.25, -0.2) is 13.1 Å². The summed E-state index contributed by atoms with van der Waals surface area (Å²) in [5.41, 5.74) is 0. The molecule has 0 aromatic heterocycles. The summed E-state index contributed by atoms with van der Waals surface area (Å²) in [4.78, 5) is 15.5. The van der Waals surface area contributed by atoms with Gasteiger partial charge in [0.05, 0.1) is 12.3 Å². The molecule has 1 rings (SSSR count). The number of nitrogens with one attached hydrogen (secondary N) is 1. The van der Waals surface area contributed by atoms with E-state index in [0.717, 1.165) is 25.9 Å². The number of likely N-dealkylation sites (N-methyl/N-ethyl adjacent to an activating group) is 1. The maximum Gasteiger partial charge on any atom is 0.239 e. The number of nitrogens with zero attached hydrogens (tertiary/aromatic N) is 2. The lowest BCUT2D eigenvalue weighted by Crippen LogP contribution is -2.51. The van der Waals surface area contributed by atoms with E-state index in [0.29, 0.717) is 0 Å². The normalized spacial score (nSPS) is 20.7. The lowest BCUT2D eigenvalue weighted by atomic mass is 10.0. The number of rotatable bonds is 4. The molecule has 1 fully saturated rings. The minimum absolute atomic E-state index is 0.00194. The molecule has 6 nitrogen and oxygen atoms in total. The zero-order chi connectivity index (χ0) is 13.9. The van der Waals surface area contributed by atoms with E-state index in [1.165, 1.54) is 6.26 Å². The van der Waals surface area contributed by atoms with Crippen LogP contribution in [-0.4, -0.2) is 69.6 Å². The predicted octanol–water partition coefficient (Wildman–Crippen LogP) is -0.523. The molecule has 0 aliphatic carbocycles. The van der Waals surface area contributed by atoms with Crippen LogP contribution in [0.2, 0.25) is 0 Å². The Morgan fingerprint density at radius 1 is 1.33 bits per heavy atom. The Bertz CT molecular complexity index is 386. The molecule has 0 bridgehead atoms. The second kappa shape index (κ2) is 5.99. The van der Waals surface area contributed by atoms with Crippen LogP contribution in [0, 0.1) is 0 Å². The number of carbonyl (C=O) groups excluding carboxylic acids is 1. The van der Waals surface area contributed by atoms with Gasteiger partial charge in [-0.15, -0.1) is 0 Å². The van der Waals surface area contributed by atoms with E-state index in [4.69, 9.17) is 0 Å². The zero-order valence-electron chi connectivity index (χ0n) is 11.5. The van der Waals surface area contributed by atoms with Crippen LogP contribution in [-0.2, 0) is 14.8 Å². The Labute approximate surface area is 109 Å². The first-order chi connectivity index (χ1) is 8.20. The van der Waals surface area contributed by atoms with Gasteiger partial charge in [0.15, 0.2) is 0 Å². The van der Waals surface area contributed by atoms with Crippen molar-refractivity contribution in [3.63, 3.8) is 0 Å². The molecule has 0 radical (unpaired) electrons. The van der Waals surface area contributed by atoms with Crippen LogP contribution >= 0.6 is 0 Å². The van der Waals surface area contributed by atoms with Crippen LogP contribution in [0.1, 0.15) is 19.8 Å².